The van der Waals surface area contributed by atoms with Crippen LogP contribution in [0, 0.1) is 0 Å². The van der Waals surface area contributed by atoms with Gasteiger partial charge >= 0.3 is 12.1 Å². The van der Waals surface area contributed by atoms with E-state index in [0.717, 1.165) is 23.3 Å². The van der Waals surface area contributed by atoms with Crippen LogP contribution in [0.3, 0.4) is 0 Å². The monoisotopic (exact) mass is 345 g/mol. The van der Waals surface area contributed by atoms with Crippen LogP contribution in [0.2, 0.25) is 0 Å². The largest absolute Gasteiger partial charge is 0.490 e. The minimum Gasteiger partial charge on any atom is -0.475 e. The molecule has 24 heavy (non-hydrogen) atoms. The zero-order valence-corrected chi connectivity index (χ0v) is 12.2. The Morgan fingerprint density at radius 2 is 2.17 bits per heavy atom. The molecule has 0 spiro atoms. The molecular weight excluding hydrogens is 331 g/mol. The summed E-state index contributed by atoms with van der Waals surface area (Å²) in [6.07, 6.45) is -0.950. The zero-order chi connectivity index (χ0) is 17.9. The van der Waals surface area contributed by atoms with E-state index in [-0.39, 0.29) is 11.9 Å². The van der Waals surface area contributed by atoms with Crippen molar-refractivity contribution < 1.29 is 27.9 Å². The first-order chi connectivity index (χ1) is 11.2. The van der Waals surface area contributed by atoms with Crippen LogP contribution in [0.1, 0.15) is 12.2 Å². The van der Waals surface area contributed by atoms with E-state index in [4.69, 9.17) is 15.6 Å². The third-order valence-electron chi connectivity index (χ3n) is 3.26. The lowest BCUT2D eigenvalue weighted by atomic mass is 10.3. The highest BCUT2D eigenvalue weighted by atomic mass is 19.4. The van der Waals surface area contributed by atoms with Gasteiger partial charge in [0, 0.05) is 12.7 Å². The number of aromatic amines is 1. The van der Waals surface area contributed by atoms with E-state index in [1.165, 1.54) is 0 Å². The van der Waals surface area contributed by atoms with Gasteiger partial charge in [-0.1, -0.05) is 0 Å². The second kappa shape index (κ2) is 6.83. The number of carbonyl (C=O) groups excluding carboxylic acids is 1. The molecule has 1 aliphatic rings. The number of hydrogen-bond acceptors (Lipinski definition) is 5. The van der Waals surface area contributed by atoms with Crippen LogP contribution in [0.5, 0.6) is 0 Å². The number of nitrogens with zero attached hydrogens (tertiary/aromatic N) is 3. The van der Waals surface area contributed by atoms with Gasteiger partial charge in [-0.05, 0) is 12.5 Å². The quantitative estimate of drug-likeness (QED) is 0.734. The van der Waals surface area contributed by atoms with Crippen LogP contribution in [-0.4, -0.2) is 55.6 Å². The van der Waals surface area contributed by atoms with Crippen molar-refractivity contribution in [2.24, 2.45) is 5.73 Å². The molecular formula is C13H14F3N5O3. The lowest BCUT2D eigenvalue weighted by Gasteiger charge is -2.13. The molecule has 1 atom stereocenters. The average Bonchev–Trinajstić information content (AvgIpc) is 3.05. The van der Waals surface area contributed by atoms with Gasteiger partial charge in [-0.25, -0.2) is 9.78 Å². The molecule has 1 saturated heterocycles. The SMILES string of the molecule is N[C@H]1CCN(Cc2nc3cnccc3[nH]2)C1=O.O=C(O)C(F)(F)F. The minimum atomic E-state index is -5.08. The number of carboxylic acid groups (broad SMARTS) is 1. The lowest BCUT2D eigenvalue weighted by molar-refractivity contribution is -0.192. The Morgan fingerprint density at radius 1 is 1.50 bits per heavy atom. The number of pyridine rings is 1. The number of nitrogens with one attached hydrogen (secondary N) is 1. The second-order valence-electron chi connectivity index (χ2n) is 5.03. The fourth-order valence-corrected chi connectivity index (χ4v) is 2.09. The lowest BCUT2D eigenvalue weighted by Crippen LogP contribution is -2.33. The highest BCUT2D eigenvalue weighted by Crippen LogP contribution is 2.15. The van der Waals surface area contributed by atoms with Crippen molar-refractivity contribution in [2.75, 3.05) is 6.54 Å². The molecule has 0 bridgehead atoms. The van der Waals surface area contributed by atoms with Crippen LogP contribution >= 0.6 is 0 Å². The number of hydrogen-bond donors (Lipinski definition) is 3. The first-order valence-corrected chi connectivity index (χ1v) is 6.81. The van der Waals surface area contributed by atoms with Crippen molar-refractivity contribution in [3.8, 4) is 0 Å². The fraction of sp³-hybridized carbons (Fsp3) is 0.385. The third kappa shape index (κ3) is 4.19. The number of fused-ring (bicyclic) bond motifs is 1. The summed E-state index contributed by atoms with van der Waals surface area (Å²) in [6, 6.07) is 1.52. The predicted molar refractivity (Wildman–Crippen MR) is 75.6 cm³/mol. The molecule has 0 aliphatic carbocycles. The summed E-state index contributed by atoms with van der Waals surface area (Å²) in [4.78, 5) is 33.9. The van der Waals surface area contributed by atoms with Gasteiger partial charge in [-0.2, -0.15) is 13.2 Å². The average molecular weight is 345 g/mol. The standard InChI is InChI=1S/C11H13N5O.C2HF3O2/c12-7-2-4-16(11(7)17)6-10-14-8-1-3-13-5-9(8)15-10;3-2(4,5)1(6)7/h1,3,5,7H,2,4,6,12H2,(H,14,15);(H,6,7)/t7-;/m0./s1. The maximum Gasteiger partial charge on any atom is 0.490 e. The van der Waals surface area contributed by atoms with Crippen molar-refractivity contribution in [1.82, 2.24) is 19.9 Å². The van der Waals surface area contributed by atoms with Gasteiger partial charge in [0.1, 0.15) is 11.3 Å². The Bertz CT molecular complexity index is 713. The van der Waals surface area contributed by atoms with Crippen LogP contribution in [-0.2, 0) is 16.1 Å². The number of aromatic nitrogens is 3. The van der Waals surface area contributed by atoms with Crippen molar-refractivity contribution in [3.05, 3.63) is 24.3 Å². The van der Waals surface area contributed by atoms with Crippen LogP contribution in [0.15, 0.2) is 18.5 Å². The number of nitrogens with two attached hydrogens (primary N) is 1. The zero-order valence-electron chi connectivity index (χ0n) is 12.2. The van der Waals surface area contributed by atoms with Crippen molar-refractivity contribution in [3.63, 3.8) is 0 Å². The number of rotatable bonds is 2. The van der Waals surface area contributed by atoms with Crippen molar-refractivity contribution in [1.29, 1.82) is 0 Å². The summed E-state index contributed by atoms with van der Waals surface area (Å²) >= 11 is 0. The summed E-state index contributed by atoms with van der Waals surface area (Å²) < 4.78 is 31.7. The molecule has 130 valence electrons. The van der Waals surface area contributed by atoms with E-state index in [1.54, 1.807) is 17.3 Å². The number of halogens is 3. The number of H-pyrrole nitrogens is 1. The van der Waals surface area contributed by atoms with E-state index < -0.39 is 12.1 Å². The number of aliphatic carboxylic acids is 1. The van der Waals surface area contributed by atoms with Gasteiger partial charge in [-0.15, -0.1) is 0 Å². The molecule has 4 N–H and O–H groups in total. The molecule has 11 heteroatoms. The number of amides is 1. The number of imidazole rings is 1. The molecule has 0 radical (unpaired) electrons. The molecule has 1 aliphatic heterocycles. The van der Waals surface area contributed by atoms with Gasteiger partial charge in [-0.3, -0.25) is 9.78 Å². The van der Waals surface area contributed by atoms with Crippen LogP contribution in [0.4, 0.5) is 13.2 Å². The van der Waals surface area contributed by atoms with E-state index >= 15 is 0 Å². The van der Waals surface area contributed by atoms with E-state index in [1.807, 2.05) is 6.07 Å². The maximum atomic E-state index is 11.7. The van der Waals surface area contributed by atoms with Gasteiger partial charge in [0.2, 0.25) is 5.91 Å². The van der Waals surface area contributed by atoms with Gasteiger partial charge in [0.15, 0.2) is 0 Å². The first-order valence-electron chi connectivity index (χ1n) is 6.81. The minimum absolute atomic E-state index is 0.00332. The number of alkyl halides is 3. The highest BCUT2D eigenvalue weighted by Gasteiger charge is 2.38. The molecule has 0 unspecified atom stereocenters. The van der Waals surface area contributed by atoms with Crippen molar-refractivity contribution >= 4 is 22.9 Å². The van der Waals surface area contributed by atoms with Gasteiger partial charge in [0.25, 0.3) is 0 Å². The molecule has 3 rings (SSSR count). The molecule has 1 fully saturated rings. The molecule has 8 nitrogen and oxygen atoms in total. The molecule has 1 amide bonds. The molecule has 0 saturated carbocycles. The Hall–Kier alpha value is -2.69. The third-order valence-corrected chi connectivity index (χ3v) is 3.26. The highest BCUT2D eigenvalue weighted by molar-refractivity contribution is 5.83. The van der Waals surface area contributed by atoms with E-state index in [2.05, 4.69) is 15.0 Å². The number of carbonyl (C=O) groups is 2. The maximum absolute atomic E-state index is 11.7. The van der Waals surface area contributed by atoms with E-state index in [9.17, 15) is 18.0 Å². The Balaban J connectivity index is 0.000000256. The Labute approximate surface area is 133 Å². The topological polar surface area (TPSA) is 125 Å². The Kier molecular flexibility index (Phi) is 5.02. The number of likely N-dealkylation sites (tertiary alicyclic amines) is 1. The van der Waals surface area contributed by atoms with Crippen molar-refractivity contribution in [2.45, 2.75) is 25.2 Å². The summed E-state index contributed by atoms with van der Waals surface area (Å²) in [5.41, 5.74) is 7.42. The normalized spacial score (nSPS) is 17.8. The summed E-state index contributed by atoms with van der Waals surface area (Å²) in [6.45, 7) is 1.19. The smallest absolute Gasteiger partial charge is 0.475 e. The van der Waals surface area contributed by atoms with E-state index in [0.29, 0.717) is 13.1 Å². The summed E-state index contributed by atoms with van der Waals surface area (Å²) in [5, 5.41) is 7.12. The molecule has 0 aromatic carbocycles. The summed E-state index contributed by atoms with van der Waals surface area (Å²) in [5.74, 6) is -1.98. The van der Waals surface area contributed by atoms with Gasteiger partial charge in [0.05, 0.1) is 24.3 Å². The molecule has 2 aromatic rings. The fourth-order valence-electron chi connectivity index (χ4n) is 2.09. The summed E-state index contributed by atoms with van der Waals surface area (Å²) in [7, 11) is 0. The molecule has 3 heterocycles. The first kappa shape index (κ1) is 17.7. The Morgan fingerprint density at radius 3 is 2.67 bits per heavy atom. The second-order valence-corrected chi connectivity index (χ2v) is 5.03. The predicted octanol–water partition coefficient (Wildman–Crippen LogP) is 0.651. The number of carboxylic acids is 1. The molecule has 2 aromatic heterocycles. The van der Waals surface area contributed by atoms with Gasteiger partial charge < -0.3 is 20.7 Å². The van der Waals surface area contributed by atoms with Crippen LogP contribution in [0.25, 0.3) is 11.0 Å². The van der Waals surface area contributed by atoms with Crippen LogP contribution < -0.4 is 5.73 Å².